The fourth-order valence-corrected chi connectivity index (χ4v) is 17.8. The van der Waals surface area contributed by atoms with Crippen molar-refractivity contribution in [2.24, 2.45) is 0 Å². The molecule has 0 saturated carbocycles. The Morgan fingerprint density at radius 3 is 0.789 bits per heavy atom. The Hall–Kier alpha value is -9.76. The van der Waals surface area contributed by atoms with Crippen LogP contribution in [-0.2, 0) is 32.5 Å². The van der Waals surface area contributed by atoms with Crippen LogP contribution in [0.1, 0.15) is 141 Å². The number of fused-ring (bicyclic) bond motifs is 13. The zero-order valence-electron chi connectivity index (χ0n) is 53.1. The van der Waals surface area contributed by atoms with Crippen LogP contribution in [0.3, 0.4) is 0 Å². The van der Waals surface area contributed by atoms with Crippen molar-refractivity contribution in [1.29, 1.82) is 0 Å². The zero-order valence-corrected chi connectivity index (χ0v) is 53.1. The lowest BCUT2D eigenvalue weighted by molar-refractivity contribution is 0.473. The molecule has 90 heavy (non-hydrogen) atoms. The first-order valence-electron chi connectivity index (χ1n) is 32.4. The fourth-order valence-electron chi connectivity index (χ4n) is 17.8. The van der Waals surface area contributed by atoms with Gasteiger partial charge >= 0.3 is 0 Å². The molecule has 5 aliphatic carbocycles. The van der Waals surface area contributed by atoms with Crippen molar-refractivity contribution >= 4 is 34.1 Å². The highest BCUT2D eigenvalue weighted by Gasteiger charge is 2.53. The molecule has 0 N–H and O–H groups in total. The summed E-state index contributed by atoms with van der Waals surface area (Å²) in [6, 6.07) is 105. The van der Waals surface area contributed by atoms with Crippen LogP contribution in [-0.4, -0.2) is 0 Å². The van der Waals surface area contributed by atoms with Crippen LogP contribution in [0.2, 0.25) is 0 Å². The summed E-state index contributed by atoms with van der Waals surface area (Å²) >= 11 is 0. The van der Waals surface area contributed by atoms with E-state index in [0.29, 0.717) is 0 Å². The van der Waals surface area contributed by atoms with E-state index >= 15 is 0 Å². The average Bonchev–Trinajstić information content (AvgIpc) is 1.55. The predicted octanol–water partition coefficient (Wildman–Crippen LogP) is 22.9. The van der Waals surface area contributed by atoms with Crippen molar-refractivity contribution in [3.63, 3.8) is 0 Å². The van der Waals surface area contributed by atoms with Crippen molar-refractivity contribution in [3.8, 4) is 44.5 Å². The minimum atomic E-state index is -0.520. The smallest absolute Gasteiger partial charge is 0.0466 e. The minimum absolute atomic E-state index is 0.158. The van der Waals surface area contributed by atoms with E-state index < -0.39 is 5.41 Å². The molecule has 0 aliphatic heterocycles. The summed E-state index contributed by atoms with van der Waals surface area (Å²) in [5.74, 6) is 0. The quantitative estimate of drug-likeness (QED) is 0.142. The van der Waals surface area contributed by atoms with E-state index in [9.17, 15) is 0 Å². The van der Waals surface area contributed by atoms with Gasteiger partial charge in [0.25, 0.3) is 0 Å². The molecular formula is C88H74N2. The Balaban J connectivity index is 0.833. The van der Waals surface area contributed by atoms with Crippen molar-refractivity contribution in [2.45, 2.75) is 101 Å². The molecule has 1 unspecified atom stereocenters. The van der Waals surface area contributed by atoms with Gasteiger partial charge in [0.2, 0.25) is 0 Å². The van der Waals surface area contributed by atoms with E-state index in [1.807, 2.05) is 0 Å². The molecule has 2 nitrogen and oxygen atoms in total. The van der Waals surface area contributed by atoms with Crippen LogP contribution in [0.5, 0.6) is 0 Å². The second-order valence-corrected chi connectivity index (χ2v) is 28.7. The lowest BCUT2D eigenvalue weighted by Gasteiger charge is -2.36. The van der Waals surface area contributed by atoms with E-state index in [0.717, 1.165) is 40.5 Å². The van der Waals surface area contributed by atoms with Gasteiger partial charge in [-0.3, -0.25) is 0 Å². The molecule has 12 aromatic rings. The van der Waals surface area contributed by atoms with Gasteiger partial charge in [0.1, 0.15) is 0 Å². The highest BCUT2D eigenvalue weighted by molar-refractivity contribution is 5.91. The standard InChI is InChI=1S/C88H74N2/c1-83(2)73-29-17-13-25-65(73)69-47-43-61(51-79(69)83)89(62-44-48-70-66-26-14-18-30-74(66)84(3,4)80(70)52-62)59-39-35-57(36-40-59)88(55-87(9,56-23-11-10-12-24-56)77-33-21-22-34-78(77)88)58-37-41-60(42-38-58)90(63-45-49-71-67-27-15-19-31-75(67)85(5,6)81(71)53-63)64-46-50-72-68-28-16-20-32-76(68)86(7,8)82(72)54-64/h10-54H,55H2,1-9H3. The molecule has 17 rings (SSSR count). The summed E-state index contributed by atoms with van der Waals surface area (Å²) in [6.07, 6.45) is 0.858. The van der Waals surface area contributed by atoms with Crippen LogP contribution < -0.4 is 9.80 Å². The number of anilines is 6. The average molecular weight is 1160 g/mol. The van der Waals surface area contributed by atoms with E-state index in [2.05, 4.69) is 345 Å². The van der Waals surface area contributed by atoms with Gasteiger partial charge in [0, 0.05) is 66.6 Å². The molecule has 5 aliphatic rings. The van der Waals surface area contributed by atoms with Crippen molar-refractivity contribution in [3.05, 3.63) is 345 Å². The Labute approximate surface area is 531 Å². The Morgan fingerprint density at radius 1 is 0.211 bits per heavy atom. The Bertz CT molecular complexity index is 4460. The maximum Gasteiger partial charge on any atom is 0.0466 e. The molecule has 0 fully saturated rings. The van der Waals surface area contributed by atoms with Crippen molar-refractivity contribution in [2.75, 3.05) is 9.80 Å². The molecule has 2 heteroatoms. The van der Waals surface area contributed by atoms with Crippen LogP contribution in [0.4, 0.5) is 34.1 Å². The van der Waals surface area contributed by atoms with E-state index in [-0.39, 0.29) is 27.1 Å². The summed E-state index contributed by atoms with van der Waals surface area (Å²) in [5.41, 5.74) is 33.6. The maximum absolute atomic E-state index is 2.52. The van der Waals surface area contributed by atoms with E-state index in [1.165, 1.54) is 117 Å². The lowest BCUT2D eigenvalue weighted by Crippen LogP contribution is -2.30. The maximum atomic E-state index is 2.52. The molecule has 1 atom stereocenters. The third kappa shape index (κ3) is 7.51. The molecular weight excluding hydrogens is 1080 g/mol. The first-order valence-corrected chi connectivity index (χ1v) is 32.4. The summed E-state index contributed by atoms with van der Waals surface area (Å²) in [4.78, 5) is 5.04. The van der Waals surface area contributed by atoms with Gasteiger partial charge in [-0.1, -0.05) is 263 Å². The Kier molecular flexibility index (Phi) is 11.6. The van der Waals surface area contributed by atoms with Gasteiger partial charge in [-0.15, -0.1) is 0 Å². The third-order valence-corrected chi connectivity index (χ3v) is 22.5. The van der Waals surface area contributed by atoms with Crippen LogP contribution in [0, 0.1) is 0 Å². The number of benzene rings is 12. The highest BCUT2D eigenvalue weighted by atomic mass is 15.1. The van der Waals surface area contributed by atoms with Crippen LogP contribution in [0.15, 0.2) is 273 Å². The summed E-state index contributed by atoms with van der Waals surface area (Å²) < 4.78 is 0. The largest absolute Gasteiger partial charge is 0.310 e. The molecule has 0 aromatic heterocycles. The highest BCUT2D eigenvalue weighted by Crippen LogP contribution is 2.61. The van der Waals surface area contributed by atoms with E-state index in [1.54, 1.807) is 0 Å². The number of rotatable bonds is 9. The van der Waals surface area contributed by atoms with Gasteiger partial charge in [0.05, 0.1) is 0 Å². The second kappa shape index (κ2) is 19.1. The fraction of sp³-hybridized carbons (Fsp3) is 0.182. The monoisotopic (exact) mass is 1160 g/mol. The molecule has 0 bridgehead atoms. The molecule has 0 radical (unpaired) electrons. The summed E-state index contributed by atoms with van der Waals surface area (Å²) in [7, 11) is 0. The first kappa shape index (κ1) is 54.4. The SMILES string of the molecule is CC1(C)c2ccccc2-c2ccc(N(c3ccc(C4(c5ccc(N(c6ccc7c(c6)C(C)(C)c6ccccc6-7)c6ccc7c(c6)C(C)(C)c6ccccc6-7)cc5)CC(C)(c5ccccc5)c5ccccc54)cc3)c3ccc4c(c3)C(C)(C)c3ccccc3-4)cc21. The molecule has 0 amide bonds. The van der Waals surface area contributed by atoms with Gasteiger partial charge in [-0.05, 0) is 196 Å². The molecule has 0 saturated heterocycles. The summed E-state index contributed by atoms with van der Waals surface area (Å²) in [5, 5.41) is 0. The molecule has 436 valence electrons. The molecule has 12 aromatic carbocycles. The third-order valence-electron chi connectivity index (χ3n) is 22.5. The normalized spacial score (nSPS) is 17.8. The second-order valence-electron chi connectivity index (χ2n) is 28.7. The first-order chi connectivity index (χ1) is 43.5. The molecule has 0 heterocycles. The number of hydrogen-bond donors (Lipinski definition) is 0. The summed E-state index contributed by atoms with van der Waals surface area (Å²) in [6.45, 7) is 21.6. The Morgan fingerprint density at radius 2 is 0.467 bits per heavy atom. The topological polar surface area (TPSA) is 6.48 Å². The van der Waals surface area contributed by atoms with Crippen LogP contribution in [0.25, 0.3) is 44.5 Å². The van der Waals surface area contributed by atoms with Gasteiger partial charge < -0.3 is 9.80 Å². The van der Waals surface area contributed by atoms with E-state index in [4.69, 9.17) is 0 Å². The minimum Gasteiger partial charge on any atom is -0.310 e. The predicted molar refractivity (Wildman–Crippen MR) is 376 cm³/mol. The van der Waals surface area contributed by atoms with Crippen LogP contribution >= 0.6 is 0 Å². The molecule has 0 spiro atoms. The zero-order chi connectivity index (χ0) is 61.3. The van der Waals surface area contributed by atoms with Gasteiger partial charge in [0.15, 0.2) is 0 Å². The van der Waals surface area contributed by atoms with Crippen molar-refractivity contribution in [1.82, 2.24) is 0 Å². The van der Waals surface area contributed by atoms with Gasteiger partial charge in [-0.25, -0.2) is 0 Å². The number of nitrogens with zero attached hydrogens (tertiary/aromatic N) is 2. The lowest BCUT2D eigenvalue weighted by atomic mass is 9.67. The van der Waals surface area contributed by atoms with Crippen molar-refractivity contribution < 1.29 is 0 Å². The van der Waals surface area contributed by atoms with Gasteiger partial charge in [-0.2, -0.15) is 0 Å². The number of hydrogen-bond acceptors (Lipinski definition) is 2.